The molecule has 2 fully saturated rings. The van der Waals surface area contributed by atoms with Crippen LogP contribution in [0.15, 0.2) is 133 Å². The summed E-state index contributed by atoms with van der Waals surface area (Å²) in [6.07, 6.45) is 4.97. The predicted molar refractivity (Wildman–Crippen MR) is 280 cm³/mol. The van der Waals surface area contributed by atoms with E-state index in [1.165, 1.54) is 18.2 Å². The number of hydrogen-bond acceptors (Lipinski definition) is 12. The minimum Gasteiger partial charge on any atom is -0.493 e. The second-order valence-electron chi connectivity index (χ2n) is 16.6. The lowest BCUT2D eigenvalue weighted by molar-refractivity contribution is -0.126. The third-order valence-corrected chi connectivity index (χ3v) is 13.8. The molecule has 376 valence electrons. The number of benzene rings is 6. The van der Waals surface area contributed by atoms with E-state index >= 15 is 0 Å². The molecule has 0 aromatic heterocycles. The van der Waals surface area contributed by atoms with Gasteiger partial charge in [-0.25, -0.2) is 4.39 Å². The first-order chi connectivity index (χ1) is 34.8. The Morgan fingerprint density at radius 3 is 1.33 bits per heavy atom. The molecule has 17 heteroatoms. The molecular weight excluding hydrogens is 1000 g/mol. The van der Waals surface area contributed by atoms with Crippen molar-refractivity contribution in [2.45, 2.75) is 69.0 Å². The van der Waals surface area contributed by atoms with Crippen molar-refractivity contribution in [2.24, 2.45) is 0 Å². The first-order valence-corrected chi connectivity index (χ1v) is 25.8. The zero-order valence-corrected chi connectivity index (χ0v) is 43.0. The maximum Gasteiger partial charge on any atom is 0.289 e. The minimum atomic E-state index is -2.50. The van der Waals surface area contributed by atoms with E-state index in [2.05, 4.69) is 19.2 Å². The van der Waals surface area contributed by atoms with E-state index in [1.807, 2.05) is 102 Å². The fraction of sp³-hybridized carbons (Fsp3) is 0.273. The Bertz CT molecular complexity index is 2670. The van der Waals surface area contributed by atoms with Crippen LogP contribution in [0.5, 0.6) is 46.0 Å². The van der Waals surface area contributed by atoms with Crippen molar-refractivity contribution in [3.05, 3.63) is 166 Å². The van der Waals surface area contributed by atoms with Crippen molar-refractivity contribution in [2.75, 3.05) is 26.4 Å². The van der Waals surface area contributed by atoms with Crippen LogP contribution in [-0.2, 0) is 32.2 Å². The fourth-order valence-electron chi connectivity index (χ4n) is 7.50. The third-order valence-electron chi connectivity index (χ3n) is 11.1. The molecule has 2 atom stereocenters. The molecule has 2 saturated heterocycles. The van der Waals surface area contributed by atoms with Crippen molar-refractivity contribution < 1.29 is 52.0 Å². The Hall–Kier alpha value is -6.39. The number of thioether (sulfide) groups is 2. The maximum atomic E-state index is 14.9. The fourth-order valence-corrected chi connectivity index (χ4v) is 9.66. The Balaban J connectivity index is 0.000000211. The van der Waals surface area contributed by atoms with Gasteiger partial charge in [0, 0.05) is 18.4 Å². The number of carbonyl (C=O) groups excluding carboxylic acids is 4. The number of nitrogens with one attached hydrogen (secondary N) is 2. The summed E-state index contributed by atoms with van der Waals surface area (Å²) in [5.41, 5.74) is 2.81. The van der Waals surface area contributed by atoms with Gasteiger partial charge in [0.05, 0.1) is 36.5 Å². The van der Waals surface area contributed by atoms with Crippen LogP contribution in [0.2, 0.25) is 10.0 Å². The summed E-state index contributed by atoms with van der Waals surface area (Å²) >= 11 is 13.9. The number of hydrogen-bond donors (Lipinski definition) is 2. The summed E-state index contributed by atoms with van der Waals surface area (Å²) in [6, 6.07) is 40.3. The van der Waals surface area contributed by atoms with Gasteiger partial charge in [-0.3, -0.25) is 29.8 Å². The molecule has 2 unspecified atom stereocenters. The minimum absolute atomic E-state index is 0.0142. The van der Waals surface area contributed by atoms with Gasteiger partial charge in [0.25, 0.3) is 21.4 Å². The summed E-state index contributed by atoms with van der Waals surface area (Å²) in [4.78, 5) is 47.0. The Morgan fingerprint density at radius 1 is 0.500 bits per heavy atom. The molecule has 0 spiro atoms. The molecule has 6 aromatic carbocycles. The Labute approximate surface area is 436 Å². The number of halogens is 3. The summed E-state index contributed by atoms with van der Waals surface area (Å²) in [5, 5.41) is 1.21. The molecule has 2 heterocycles. The SMILES string of the molecule is CCCc1cc(Oc2ccccc2)ccc1OCCCOc1ccc(C2(C)SC(=O)NC2=O)cc1Cl.CCCc1cc(Oc2ccccc2)ccc1OCCCOc1ccc(C2(F)SC(=O)NC2=O)cc1Cl. The Morgan fingerprint density at radius 2 is 0.917 bits per heavy atom. The second-order valence-corrected chi connectivity index (χ2v) is 19.9. The molecule has 8 rings (SSSR count). The molecule has 6 aromatic rings. The lowest BCUT2D eigenvalue weighted by Gasteiger charge is -2.20. The lowest BCUT2D eigenvalue weighted by Crippen LogP contribution is -2.31. The van der Waals surface area contributed by atoms with Crippen molar-refractivity contribution >= 4 is 69.0 Å². The molecule has 12 nitrogen and oxygen atoms in total. The third kappa shape index (κ3) is 14.0. The average molecular weight is 1060 g/mol. The largest absolute Gasteiger partial charge is 0.493 e. The average Bonchev–Trinajstić information content (AvgIpc) is 3.80. The Kier molecular flexibility index (Phi) is 18.8. The van der Waals surface area contributed by atoms with Crippen LogP contribution < -0.4 is 39.1 Å². The number of alkyl halides is 1. The highest BCUT2D eigenvalue weighted by Gasteiger charge is 2.50. The second kappa shape index (κ2) is 25.3. The van der Waals surface area contributed by atoms with Crippen molar-refractivity contribution in [1.29, 1.82) is 0 Å². The van der Waals surface area contributed by atoms with Gasteiger partial charge in [0.1, 0.15) is 50.7 Å². The van der Waals surface area contributed by atoms with Gasteiger partial charge in [-0.2, -0.15) is 0 Å². The zero-order valence-electron chi connectivity index (χ0n) is 39.8. The van der Waals surface area contributed by atoms with E-state index < -0.39 is 20.9 Å². The molecule has 4 amide bonds. The molecule has 2 aliphatic rings. The molecule has 72 heavy (non-hydrogen) atoms. The van der Waals surface area contributed by atoms with Crippen LogP contribution in [-0.4, -0.2) is 48.7 Å². The van der Waals surface area contributed by atoms with Gasteiger partial charge < -0.3 is 28.4 Å². The number of amides is 4. The van der Waals surface area contributed by atoms with E-state index in [1.54, 1.807) is 25.1 Å². The van der Waals surface area contributed by atoms with E-state index in [9.17, 15) is 23.6 Å². The van der Waals surface area contributed by atoms with Crippen LogP contribution in [0.4, 0.5) is 14.0 Å². The van der Waals surface area contributed by atoms with Gasteiger partial charge in [0.15, 0.2) is 0 Å². The molecular formula is C55H53Cl2FN2O10S2. The number of imide groups is 2. The highest BCUT2D eigenvalue weighted by molar-refractivity contribution is 8.15. The maximum absolute atomic E-state index is 14.9. The molecule has 2 N–H and O–H groups in total. The smallest absolute Gasteiger partial charge is 0.289 e. The van der Waals surface area contributed by atoms with E-state index in [4.69, 9.17) is 51.6 Å². The van der Waals surface area contributed by atoms with E-state index in [0.29, 0.717) is 61.4 Å². The number of carbonyl (C=O) groups is 4. The van der Waals surface area contributed by atoms with Crippen LogP contribution >= 0.6 is 46.7 Å². The van der Waals surface area contributed by atoms with Crippen molar-refractivity contribution in [1.82, 2.24) is 10.6 Å². The molecule has 0 bridgehead atoms. The van der Waals surface area contributed by atoms with Gasteiger partial charge >= 0.3 is 0 Å². The molecule has 2 aliphatic heterocycles. The van der Waals surface area contributed by atoms with Crippen LogP contribution in [0.1, 0.15) is 68.7 Å². The predicted octanol–water partition coefficient (Wildman–Crippen LogP) is 14.2. The standard InChI is InChI=1S/C28H28ClNO5S.C27H25ClFNO5S/c1-3-8-19-17-22(35-21-9-5-4-6-10-21)12-14-24(19)33-15-7-16-34-25-13-11-20(18-23(25)29)28(2)26(31)30-27(32)36-28;1-2-7-18-16-21(35-20-8-4-3-5-9-20)11-13-23(18)33-14-6-15-34-24-12-10-19(17-22(24)28)27(29)25(31)30-26(32)36-27/h4-6,9-14,17-18H,3,7-8,15-16H2,1-2H3,(H,30,31,32);3-5,8-13,16-17H,2,6-7,14-15H2,1H3,(H,30,31,32). The van der Waals surface area contributed by atoms with Gasteiger partial charge in [0.2, 0.25) is 5.91 Å². The highest BCUT2D eigenvalue weighted by Crippen LogP contribution is 2.45. The molecule has 0 aliphatic carbocycles. The molecule has 0 radical (unpaired) electrons. The van der Waals surface area contributed by atoms with Crippen LogP contribution in [0, 0.1) is 0 Å². The topological polar surface area (TPSA) is 148 Å². The molecule has 0 saturated carbocycles. The van der Waals surface area contributed by atoms with Gasteiger partial charge in [-0.15, -0.1) is 0 Å². The van der Waals surface area contributed by atoms with E-state index in [0.717, 1.165) is 83.1 Å². The van der Waals surface area contributed by atoms with Gasteiger partial charge in [-0.05, 0) is 145 Å². The monoisotopic (exact) mass is 1050 g/mol. The van der Waals surface area contributed by atoms with E-state index in [-0.39, 0.29) is 33.5 Å². The van der Waals surface area contributed by atoms with Crippen LogP contribution in [0.3, 0.4) is 0 Å². The summed E-state index contributed by atoms with van der Waals surface area (Å²) in [6.45, 7) is 7.61. The van der Waals surface area contributed by atoms with Crippen molar-refractivity contribution in [3.8, 4) is 46.0 Å². The first-order valence-electron chi connectivity index (χ1n) is 23.4. The number of aryl methyl sites for hydroxylation is 2. The summed E-state index contributed by atoms with van der Waals surface area (Å²) in [7, 11) is 0. The number of ether oxygens (including phenoxy) is 6. The number of rotatable bonds is 22. The van der Waals surface area contributed by atoms with Gasteiger partial charge in [-0.1, -0.05) is 98.4 Å². The zero-order chi connectivity index (χ0) is 51.1. The van der Waals surface area contributed by atoms with Crippen LogP contribution in [0.25, 0.3) is 0 Å². The quantitative estimate of drug-likeness (QED) is 0.0624. The summed E-state index contributed by atoms with van der Waals surface area (Å²) < 4.78 is 49.4. The number of para-hydroxylation sites is 2. The van der Waals surface area contributed by atoms with Crippen molar-refractivity contribution in [3.63, 3.8) is 0 Å². The summed E-state index contributed by atoms with van der Waals surface area (Å²) in [5.74, 6) is 4.27. The lowest BCUT2D eigenvalue weighted by atomic mass is 9.99. The first kappa shape index (κ1) is 53.4. The normalized spacial score (nSPS) is 17.1. The highest BCUT2D eigenvalue weighted by atomic mass is 35.5.